The number of anilines is 1. The first-order chi connectivity index (χ1) is 9.61. The molecule has 2 N–H and O–H groups in total. The van der Waals surface area contributed by atoms with Crippen LogP contribution in [-0.2, 0) is 9.53 Å². The summed E-state index contributed by atoms with van der Waals surface area (Å²) in [5, 5.41) is 6.18. The Labute approximate surface area is 127 Å². The van der Waals surface area contributed by atoms with E-state index in [1.54, 1.807) is 14.2 Å². The van der Waals surface area contributed by atoms with Gasteiger partial charge in [-0.15, -0.1) is 0 Å². The molecule has 1 unspecified atom stereocenters. The van der Waals surface area contributed by atoms with Gasteiger partial charge >= 0.3 is 0 Å². The molecule has 2 rings (SSSR count). The van der Waals surface area contributed by atoms with Gasteiger partial charge in [-0.3, -0.25) is 4.79 Å². The van der Waals surface area contributed by atoms with Crippen LogP contribution in [0.3, 0.4) is 0 Å². The minimum atomic E-state index is -0.485. The van der Waals surface area contributed by atoms with E-state index in [0.717, 1.165) is 28.9 Å². The van der Waals surface area contributed by atoms with Gasteiger partial charge in [0, 0.05) is 19.3 Å². The third-order valence-electron chi connectivity index (χ3n) is 3.56. The normalized spacial score (nSPS) is 21.8. The molecule has 1 heterocycles. The lowest BCUT2D eigenvalue weighted by Gasteiger charge is -2.26. The third-order valence-corrected chi connectivity index (χ3v) is 4.18. The topological polar surface area (TPSA) is 59.6 Å². The minimum absolute atomic E-state index is 0.0126. The molecule has 0 radical (unpaired) electrons. The van der Waals surface area contributed by atoms with Gasteiger partial charge in [0.1, 0.15) is 5.75 Å². The molecular formula is C14H19BrN2O3. The second-order valence-electron chi connectivity index (χ2n) is 4.94. The third kappa shape index (κ3) is 3.13. The van der Waals surface area contributed by atoms with Crippen LogP contribution < -0.4 is 15.4 Å². The molecule has 0 aliphatic carbocycles. The van der Waals surface area contributed by atoms with Crippen molar-refractivity contribution in [2.75, 3.05) is 39.2 Å². The second kappa shape index (κ2) is 6.56. The van der Waals surface area contributed by atoms with Crippen LogP contribution in [0.25, 0.3) is 0 Å². The van der Waals surface area contributed by atoms with Gasteiger partial charge in [-0.2, -0.15) is 0 Å². The highest BCUT2D eigenvalue weighted by molar-refractivity contribution is 9.10. The number of hydrogen-bond acceptors (Lipinski definition) is 4. The van der Waals surface area contributed by atoms with Crippen molar-refractivity contribution in [3.63, 3.8) is 0 Å². The number of ether oxygens (including phenoxy) is 2. The molecule has 1 fully saturated rings. The largest absolute Gasteiger partial charge is 0.496 e. The van der Waals surface area contributed by atoms with Crippen molar-refractivity contribution in [3.8, 4) is 5.75 Å². The van der Waals surface area contributed by atoms with Crippen LogP contribution in [0.1, 0.15) is 6.42 Å². The Morgan fingerprint density at radius 2 is 2.30 bits per heavy atom. The molecular weight excluding hydrogens is 324 g/mol. The van der Waals surface area contributed by atoms with Crippen LogP contribution in [0.15, 0.2) is 22.7 Å². The first-order valence-electron chi connectivity index (χ1n) is 6.46. The van der Waals surface area contributed by atoms with Gasteiger partial charge in [0.05, 0.1) is 23.6 Å². The summed E-state index contributed by atoms with van der Waals surface area (Å²) in [6, 6.07) is 5.47. The summed E-state index contributed by atoms with van der Waals surface area (Å²) < 4.78 is 11.2. The summed E-state index contributed by atoms with van der Waals surface area (Å²) >= 11 is 3.41. The molecule has 1 saturated heterocycles. The molecule has 1 aliphatic heterocycles. The fourth-order valence-corrected chi connectivity index (χ4v) is 2.95. The predicted molar refractivity (Wildman–Crippen MR) is 81.1 cm³/mol. The number of carbonyl (C=O) groups excluding carboxylic acids is 1. The van der Waals surface area contributed by atoms with Crippen LogP contribution >= 0.6 is 15.9 Å². The van der Waals surface area contributed by atoms with E-state index >= 15 is 0 Å². The van der Waals surface area contributed by atoms with Gasteiger partial charge in [-0.25, -0.2) is 0 Å². The highest BCUT2D eigenvalue weighted by atomic mass is 79.9. The summed E-state index contributed by atoms with van der Waals surface area (Å²) in [7, 11) is 3.23. The van der Waals surface area contributed by atoms with Crippen LogP contribution in [-0.4, -0.2) is 39.8 Å². The van der Waals surface area contributed by atoms with E-state index in [1.165, 1.54) is 0 Å². The minimum Gasteiger partial charge on any atom is -0.496 e. The number of halogens is 1. The molecule has 0 bridgehead atoms. The fourth-order valence-electron chi connectivity index (χ4n) is 2.41. The molecule has 0 saturated carbocycles. The van der Waals surface area contributed by atoms with E-state index in [4.69, 9.17) is 9.47 Å². The van der Waals surface area contributed by atoms with E-state index in [0.29, 0.717) is 13.2 Å². The Bertz CT molecular complexity index is 487. The molecule has 1 aliphatic rings. The van der Waals surface area contributed by atoms with Gasteiger partial charge < -0.3 is 20.1 Å². The number of amides is 1. The first-order valence-corrected chi connectivity index (χ1v) is 7.25. The Hall–Kier alpha value is -1.11. The van der Waals surface area contributed by atoms with Crippen molar-refractivity contribution in [3.05, 3.63) is 22.7 Å². The Kier molecular flexibility index (Phi) is 5.01. The zero-order chi connectivity index (χ0) is 14.6. The number of benzene rings is 1. The second-order valence-corrected chi connectivity index (χ2v) is 5.80. The van der Waals surface area contributed by atoms with Crippen molar-refractivity contribution < 1.29 is 14.3 Å². The molecule has 5 nitrogen and oxygen atoms in total. The molecule has 1 amide bonds. The fraction of sp³-hybridized carbons (Fsp3) is 0.500. The van der Waals surface area contributed by atoms with Crippen molar-refractivity contribution >= 4 is 27.5 Å². The Balaban J connectivity index is 2.12. The van der Waals surface area contributed by atoms with E-state index < -0.39 is 5.41 Å². The smallest absolute Gasteiger partial charge is 0.234 e. The monoisotopic (exact) mass is 342 g/mol. The Morgan fingerprint density at radius 1 is 1.50 bits per heavy atom. The molecule has 110 valence electrons. The molecule has 1 aromatic rings. The van der Waals surface area contributed by atoms with Gasteiger partial charge in [0.2, 0.25) is 5.91 Å². The lowest BCUT2D eigenvalue weighted by Crippen LogP contribution is -2.41. The highest BCUT2D eigenvalue weighted by Gasteiger charge is 2.41. The Morgan fingerprint density at radius 3 is 2.85 bits per heavy atom. The molecule has 20 heavy (non-hydrogen) atoms. The van der Waals surface area contributed by atoms with Crippen molar-refractivity contribution in [1.82, 2.24) is 5.32 Å². The summed E-state index contributed by atoms with van der Waals surface area (Å²) in [5.41, 5.74) is 0.256. The van der Waals surface area contributed by atoms with Gasteiger partial charge in [0.25, 0.3) is 0 Å². The number of hydrogen-bond donors (Lipinski definition) is 2. The lowest BCUT2D eigenvalue weighted by molar-refractivity contribution is -0.127. The number of rotatable bonds is 5. The molecule has 1 aromatic carbocycles. The van der Waals surface area contributed by atoms with E-state index in [2.05, 4.69) is 26.6 Å². The maximum Gasteiger partial charge on any atom is 0.234 e. The molecule has 6 heteroatoms. The van der Waals surface area contributed by atoms with E-state index in [1.807, 2.05) is 18.2 Å². The van der Waals surface area contributed by atoms with Gasteiger partial charge in [0.15, 0.2) is 0 Å². The summed E-state index contributed by atoms with van der Waals surface area (Å²) in [4.78, 5) is 12.5. The SMILES string of the molecule is COCC1(C(=O)Nc2ccc(OC)c(Br)c2)CCNC1. The van der Waals surface area contributed by atoms with E-state index in [9.17, 15) is 4.79 Å². The number of nitrogens with one attached hydrogen (secondary N) is 2. The zero-order valence-electron chi connectivity index (χ0n) is 11.7. The van der Waals surface area contributed by atoms with Crippen LogP contribution in [0.2, 0.25) is 0 Å². The lowest BCUT2D eigenvalue weighted by atomic mass is 9.87. The van der Waals surface area contributed by atoms with Crippen molar-refractivity contribution in [2.45, 2.75) is 6.42 Å². The van der Waals surface area contributed by atoms with E-state index in [-0.39, 0.29) is 5.91 Å². The number of carbonyl (C=O) groups is 1. The van der Waals surface area contributed by atoms with Gasteiger partial charge in [-0.05, 0) is 47.1 Å². The van der Waals surface area contributed by atoms with Crippen molar-refractivity contribution in [2.24, 2.45) is 5.41 Å². The average Bonchev–Trinajstić information content (AvgIpc) is 2.89. The first kappa shape index (κ1) is 15.3. The summed E-state index contributed by atoms with van der Waals surface area (Å²) in [5.74, 6) is 0.721. The standard InChI is InChI=1S/C14H19BrN2O3/c1-19-9-14(5-6-16-8-14)13(18)17-10-3-4-12(20-2)11(15)7-10/h3-4,7,16H,5-6,8-9H2,1-2H3,(H,17,18). The summed E-state index contributed by atoms with van der Waals surface area (Å²) in [6.45, 7) is 1.90. The predicted octanol–water partition coefficient (Wildman–Crippen LogP) is 2.02. The van der Waals surface area contributed by atoms with Crippen LogP contribution in [0.4, 0.5) is 5.69 Å². The molecule has 0 aromatic heterocycles. The number of methoxy groups -OCH3 is 2. The summed E-state index contributed by atoms with van der Waals surface area (Å²) in [6.07, 6.45) is 0.782. The zero-order valence-corrected chi connectivity index (χ0v) is 13.2. The van der Waals surface area contributed by atoms with Crippen LogP contribution in [0.5, 0.6) is 5.75 Å². The molecule has 0 spiro atoms. The maximum absolute atomic E-state index is 12.5. The highest BCUT2D eigenvalue weighted by Crippen LogP contribution is 2.31. The maximum atomic E-state index is 12.5. The quantitative estimate of drug-likeness (QED) is 0.859. The van der Waals surface area contributed by atoms with Gasteiger partial charge in [-0.1, -0.05) is 0 Å². The van der Waals surface area contributed by atoms with Crippen LogP contribution in [0, 0.1) is 5.41 Å². The molecule has 1 atom stereocenters. The van der Waals surface area contributed by atoms with Crippen molar-refractivity contribution in [1.29, 1.82) is 0 Å². The average molecular weight is 343 g/mol.